The average Bonchev–Trinajstić information content (AvgIpc) is 2.78. The first-order valence-corrected chi connectivity index (χ1v) is 8.40. The summed E-state index contributed by atoms with van der Waals surface area (Å²) in [6, 6.07) is 9.52. The Kier molecular flexibility index (Phi) is 6.87. The van der Waals surface area contributed by atoms with Gasteiger partial charge in [0.15, 0.2) is 0 Å². The lowest BCUT2D eigenvalue weighted by atomic mass is 10.1. The summed E-state index contributed by atoms with van der Waals surface area (Å²) < 4.78 is 5.83. The zero-order valence-electron chi connectivity index (χ0n) is 13.5. The quantitative estimate of drug-likeness (QED) is 0.878. The summed E-state index contributed by atoms with van der Waals surface area (Å²) in [7, 11) is 0. The first kappa shape index (κ1) is 17.0. The van der Waals surface area contributed by atoms with Crippen LogP contribution in [0.3, 0.4) is 0 Å². The van der Waals surface area contributed by atoms with Crippen LogP contribution in [0.15, 0.2) is 30.3 Å². The number of benzene rings is 1. The van der Waals surface area contributed by atoms with Crippen LogP contribution in [0.5, 0.6) is 0 Å². The van der Waals surface area contributed by atoms with Gasteiger partial charge < -0.3 is 15.4 Å². The van der Waals surface area contributed by atoms with Gasteiger partial charge in [0.05, 0.1) is 12.1 Å². The van der Waals surface area contributed by atoms with Gasteiger partial charge in [0, 0.05) is 19.7 Å². The highest BCUT2D eigenvalue weighted by molar-refractivity contribution is 5.82. The maximum Gasteiger partial charge on any atom is 0.239 e. The average molecular weight is 304 g/mol. The molecule has 4 nitrogen and oxygen atoms in total. The molecule has 4 heteroatoms. The van der Waals surface area contributed by atoms with Crippen molar-refractivity contribution >= 4 is 5.91 Å². The minimum absolute atomic E-state index is 0.0694. The van der Waals surface area contributed by atoms with Gasteiger partial charge in [-0.05, 0) is 37.7 Å². The molecule has 2 unspecified atom stereocenters. The van der Waals surface area contributed by atoms with Crippen molar-refractivity contribution < 1.29 is 9.53 Å². The van der Waals surface area contributed by atoms with Crippen LogP contribution in [0.25, 0.3) is 0 Å². The van der Waals surface area contributed by atoms with Crippen LogP contribution in [-0.2, 0) is 16.0 Å². The summed E-state index contributed by atoms with van der Waals surface area (Å²) in [6.07, 6.45) is 4.90. The molecule has 1 heterocycles. The van der Waals surface area contributed by atoms with E-state index in [2.05, 4.69) is 6.92 Å². The molecule has 2 atom stereocenters. The Balaban J connectivity index is 1.84. The van der Waals surface area contributed by atoms with Crippen molar-refractivity contribution in [2.45, 2.75) is 51.2 Å². The summed E-state index contributed by atoms with van der Waals surface area (Å²) in [5.74, 6) is 0.0694. The highest BCUT2D eigenvalue weighted by atomic mass is 16.5. The van der Waals surface area contributed by atoms with Gasteiger partial charge in [-0.1, -0.05) is 37.3 Å². The number of carbonyl (C=O) groups is 1. The minimum atomic E-state index is -0.449. The first-order chi connectivity index (χ1) is 10.7. The van der Waals surface area contributed by atoms with Crippen molar-refractivity contribution in [2.75, 3.05) is 19.7 Å². The van der Waals surface area contributed by atoms with E-state index in [9.17, 15) is 4.79 Å². The van der Waals surface area contributed by atoms with Gasteiger partial charge in [0.2, 0.25) is 5.91 Å². The molecule has 22 heavy (non-hydrogen) atoms. The van der Waals surface area contributed by atoms with E-state index in [0.717, 1.165) is 50.9 Å². The molecule has 1 saturated heterocycles. The Hall–Kier alpha value is -1.39. The van der Waals surface area contributed by atoms with E-state index in [4.69, 9.17) is 10.5 Å². The van der Waals surface area contributed by atoms with Crippen molar-refractivity contribution in [1.29, 1.82) is 0 Å². The number of carbonyl (C=O) groups excluding carboxylic acids is 1. The maximum atomic E-state index is 12.5. The van der Waals surface area contributed by atoms with Crippen molar-refractivity contribution in [3.63, 3.8) is 0 Å². The second-order valence-electron chi connectivity index (χ2n) is 6.05. The number of hydrogen-bond donors (Lipinski definition) is 1. The smallest absolute Gasteiger partial charge is 0.239 e. The molecule has 1 amide bonds. The molecule has 0 radical (unpaired) electrons. The van der Waals surface area contributed by atoms with Gasteiger partial charge in [-0.25, -0.2) is 0 Å². The summed E-state index contributed by atoms with van der Waals surface area (Å²) in [6.45, 7) is 4.49. The van der Waals surface area contributed by atoms with E-state index in [1.54, 1.807) is 0 Å². The third-order valence-corrected chi connectivity index (χ3v) is 4.16. The van der Waals surface area contributed by atoms with Gasteiger partial charge in [0.1, 0.15) is 0 Å². The summed E-state index contributed by atoms with van der Waals surface area (Å²) >= 11 is 0. The Morgan fingerprint density at radius 2 is 2.09 bits per heavy atom. The lowest BCUT2D eigenvalue weighted by molar-refractivity contribution is -0.132. The fourth-order valence-electron chi connectivity index (χ4n) is 2.93. The van der Waals surface area contributed by atoms with Crippen molar-refractivity contribution in [2.24, 2.45) is 5.73 Å². The predicted molar refractivity (Wildman–Crippen MR) is 88.6 cm³/mol. The van der Waals surface area contributed by atoms with E-state index in [1.165, 1.54) is 0 Å². The molecule has 1 fully saturated rings. The van der Waals surface area contributed by atoms with Gasteiger partial charge in [-0.3, -0.25) is 4.79 Å². The first-order valence-electron chi connectivity index (χ1n) is 8.40. The van der Waals surface area contributed by atoms with Gasteiger partial charge in [-0.15, -0.1) is 0 Å². The standard InChI is InChI=1S/C18H28N2O2/c1-2-13-22-16-9-6-11-20(12-10-16)18(21)17(19)14-15-7-4-3-5-8-15/h3-5,7-8,16-17H,2,6,9-14,19H2,1H3. The van der Waals surface area contributed by atoms with Crippen LogP contribution in [0, 0.1) is 0 Å². The Labute approximate surface area is 133 Å². The largest absolute Gasteiger partial charge is 0.378 e. The van der Waals surface area contributed by atoms with Crippen molar-refractivity contribution in [3.05, 3.63) is 35.9 Å². The second kappa shape index (κ2) is 8.91. The van der Waals surface area contributed by atoms with E-state index in [0.29, 0.717) is 12.5 Å². The van der Waals surface area contributed by atoms with E-state index < -0.39 is 6.04 Å². The fourth-order valence-corrected chi connectivity index (χ4v) is 2.93. The van der Waals surface area contributed by atoms with Crippen LogP contribution in [0.4, 0.5) is 0 Å². The predicted octanol–water partition coefficient (Wildman–Crippen LogP) is 2.36. The van der Waals surface area contributed by atoms with Gasteiger partial charge in [-0.2, -0.15) is 0 Å². The topological polar surface area (TPSA) is 55.6 Å². The lowest BCUT2D eigenvalue weighted by Crippen LogP contribution is -2.45. The number of ether oxygens (including phenoxy) is 1. The van der Waals surface area contributed by atoms with Crippen LogP contribution < -0.4 is 5.73 Å². The number of rotatable bonds is 6. The highest BCUT2D eigenvalue weighted by Gasteiger charge is 2.24. The van der Waals surface area contributed by atoms with Crippen LogP contribution in [0.2, 0.25) is 0 Å². The number of amides is 1. The molecule has 2 N–H and O–H groups in total. The van der Waals surface area contributed by atoms with Crippen LogP contribution in [0.1, 0.15) is 38.2 Å². The molecular weight excluding hydrogens is 276 g/mol. The molecule has 2 rings (SSSR count). The molecule has 1 aliphatic heterocycles. The molecule has 0 saturated carbocycles. The molecule has 0 spiro atoms. The van der Waals surface area contributed by atoms with Gasteiger partial charge >= 0.3 is 0 Å². The number of hydrogen-bond acceptors (Lipinski definition) is 3. The summed E-state index contributed by atoms with van der Waals surface area (Å²) in [5, 5.41) is 0. The SMILES string of the molecule is CCCOC1CCCN(C(=O)C(N)Cc2ccccc2)CC1. The maximum absolute atomic E-state index is 12.5. The van der Waals surface area contributed by atoms with Crippen LogP contribution >= 0.6 is 0 Å². The number of nitrogens with zero attached hydrogens (tertiary/aromatic N) is 1. The Bertz CT molecular complexity index is 450. The molecule has 0 aliphatic carbocycles. The lowest BCUT2D eigenvalue weighted by Gasteiger charge is -2.24. The monoisotopic (exact) mass is 304 g/mol. The normalized spacial score (nSPS) is 20.5. The minimum Gasteiger partial charge on any atom is -0.378 e. The third kappa shape index (κ3) is 5.11. The van der Waals surface area contributed by atoms with E-state index in [-0.39, 0.29) is 5.91 Å². The highest BCUT2D eigenvalue weighted by Crippen LogP contribution is 2.16. The zero-order valence-corrected chi connectivity index (χ0v) is 13.5. The molecular formula is C18H28N2O2. The second-order valence-corrected chi connectivity index (χ2v) is 6.05. The Morgan fingerprint density at radius 1 is 1.32 bits per heavy atom. The molecule has 0 aromatic heterocycles. The van der Waals surface area contributed by atoms with Crippen molar-refractivity contribution in [1.82, 2.24) is 4.90 Å². The van der Waals surface area contributed by atoms with E-state index >= 15 is 0 Å². The zero-order chi connectivity index (χ0) is 15.8. The van der Waals surface area contributed by atoms with Gasteiger partial charge in [0.25, 0.3) is 0 Å². The summed E-state index contributed by atoms with van der Waals surface area (Å²) in [5.41, 5.74) is 7.24. The molecule has 0 bridgehead atoms. The molecule has 1 aromatic carbocycles. The Morgan fingerprint density at radius 3 is 2.82 bits per heavy atom. The summed E-state index contributed by atoms with van der Waals surface area (Å²) in [4.78, 5) is 14.5. The molecule has 122 valence electrons. The number of likely N-dealkylation sites (tertiary alicyclic amines) is 1. The fraction of sp³-hybridized carbons (Fsp3) is 0.611. The molecule has 1 aliphatic rings. The van der Waals surface area contributed by atoms with E-state index in [1.807, 2.05) is 35.2 Å². The van der Waals surface area contributed by atoms with Crippen LogP contribution in [-0.4, -0.2) is 42.6 Å². The van der Waals surface area contributed by atoms with Crippen molar-refractivity contribution in [3.8, 4) is 0 Å². The number of nitrogens with two attached hydrogens (primary N) is 1. The third-order valence-electron chi connectivity index (χ3n) is 4.16. The molecule has 1 aromatic rings.